The smallest absolute Gasteiger partial charge is 0.177 e. The van der Waals surface area contributed by atoms with Crippen LogP contribution in [-0.4, -0.2) is 31.4 Å². The summed E-state index contributed by atoms with van der Waals surface area (Å²) in [5.41, 5.74) is 1.10. The molecule has 1 aromatic carbocycles. The van der Waals surface area contributed by atoms with E-state index in [1.54, 1.807) is 7.05 Å². The summed E-state index contributed by atoms with van der Waals surface area (Å²) in [6.07, 6.45) is 3.23. The zero-order valence-corrected chi connectivity index (χ0v) is 11.0. The minimum absolute atomic E-state index is 0.125. The van der Waals surface area contributed by atoms with Crippen LogP contribution in [0, 0.1) is 0 Å². The molecule has 100 valence electrons. The predicted molar refractivity (Wildman–Crippen MR) is 70.5 cm³/mol. The zero-order chi connectivity index (χ0) is 13.3. The summed E-state index contributed by atoms with van der Waals surface area (Å²) >= 11 is 0. The van der Waals surface area contributed by atoms with E-state index in [4.69, 9.17) is 0 Å². The van der Waals surface area contributed by atoms with Crippen LogP contribution in [0.2, 0.25) is 0 Å². The van der Waals surface area contributed by atoms with Gasteiger partial charge in [-0.3, -0.25) is 0 Å². The number of hydrogen-bond donors (Lipinski definition) is 1. The minimum atomic E-state index is -0.451. The third-order valence-electron chi connectivity index (χ3n) is 4.16. The summed E-state index contributed by atoms with van der Waals surface area (Å²) in [7, 11) is 1.74. The monoisotopic (exact) mass is 258 g/mol. The second-order valence-corrected chi connectivity index (χ2v) is 5.29. The van der Waals surface area contributed by atoms with E-state index in [0.29, 0.717) is 12.2 Å². The lowest BCUT2D eigenvalue weighted by Crippen LogP contribution is -2.46. The fourth-order valence-corrected chi connectivity index (χ4v) is 2.92. The molecule has 1 saturated carbocycles. The molecule has 0 saturated heterocycles. The van der Waals surface area contributed by atoms with Gasteiger partial charge in [-0.05, 0) is 23.6 Å². The van der Waals surface area contributed by atoms with Gasteiger partial charge in [-0.1, -0.05) is 36.8 Å². The summed E-state index contributed by atoms with van der Waals surface area (Å²) < 4.78 is 0. The third-order valence-corrected chi connectivity index (χ3v) is 4.16. The van der Waals surface area contributed by atoms with Crippen LogP contribution in [0.5, 0.6) is 0 Å². The Morgan fingerprint density at radius 3 is 2.58 bits per heavy atom. The Bertz CT molecular complexity index is 548. The van der Waals surface area contributed by atoms with Crippen molar-refractivity contribution in [3.63, 3.8) is 0 Å². The molecule has 0 aliphatic heterocycles. The Morgan fingerprint density at radius 2 is 2.05 bits per heavy atom. The molecule has 0 spiro atoms. The number of aliphatic hydroxyl groups is 1. The molecular weight excluding hydrogens is 240 g/mol. The first kappa shape index (κ1) is 12.3. The first-order chi connectivity index (χ1) is 9.21. The summed E-state index contributed by atoms with van der Waals surface area (Å²) in [6, 6.07) is 10.3. The second-order valence-electron chi connectivity index (χ2n) is 5.29. The average Bonchev–Trinajstić information content (AvgIpc) is 2.75. The van der Waals surface area contributed by atoms with Crippen molar-refractivity contribution < 1.29 is 5.11 Å². The third kappa shape index (κ3) is 2.14. The number of tetrazole rings is 1. The van der Waals surface area contributed by atoms with Crippen LogP contribution < -0.4 is 0 Å². The van der Waals surface area contributed by atoms with Crippen molar-refractivity contribution in [2.75, 3.05) is 0 Å². The molecular formula is C14H18N4O. The van der Waals surface area contributed by atoms with Crippen LogP contribution in [0.1, 0.15) is 30.7 Å². The van der Waals surface area contributed by atoms with E-state index in [-0.39, 0.29) is 5.41 Å². The van der Waals surface area contributed by atoms with E-state index in [2.05, 4.69) is 27.5 Å². The lowest BCUT2D eigenvalue weighted by atomic mass is 9.60. The molecule has 0 bridgehead atoms. The van der Waals surface area contributed by atoms with Crippen molar-refractivity contribution >= 4 is 0 Å². The highest BCUT2D eigenvalue weighted by atomic mass is 16.3. The van der Waals surface area contributed by atoms with Gasteiger partial charge in [0.1, 0.15) is 0 Å². The highest BCUT2D eigenvalue weighted by Crippen LogP contribution is 2.47. The number of benzene rings is 1. The van der Waals surface area contributed by atoms with Gasteiger partial charge in [0.05, 0.1) is 13.2 Å². The standard InChI is InChI=1S/C14H18N4O/c1-18-16-13(15-17-18)10-12(19)14(8-5-9-14)11-6-3-2-4-7-11/h2-4,6-7,12,19H,5,8-10H2,1H3. The van der Waals surface area contributed by atoms with Crippen LogP contribution in [0.25, 0.3) is 0 Å². The molecule has 19 heavy (non-hydrogen) atoms. The van der Waals surface area contributed by atoms with E-state index in [1.165, 1.54) is 16.8 Å². The number of hydrogen-bond acceptors (Lipinski definition) is 4. The Morgan fingerprint density at radius 1 is 1.32 bits per heavy atom. The molecule has 5 nitrogen and oxygen atoms in total. The molecule has 1 aromatic heterocycles. The number of rotatable bonds is 4. The zero-order valence-electron chi connectivity index (χ0n) is 11.0. The van der Waals surface area contributed by atoms with Crippen LogP contribution >= 0.6 is 0 Å². The lowest BCUT2D eigenvalue weighted by molar-refractivity contribution is 0.0272. The molecule has 3 rings (SSSR count). The van der Waals surface area contributed by atoms with Gasteiger partial charge in [0.15, 0.2) is 5.82 Å². The molecule has 0 radical (unpaired) electrons. The molecule has 1 aliphatic rings. The molecule has 1 heterocycles. The van der Waals surface area contributed by atoms with E-state index >= 15 is 0 Å². The first-order valence-electron chi connectivity index (χ1n) is 6.67. The second kappa shape index (κ2) is 4.74. The lowest BCUT2D eigenvalue weighted by Gasteiger charge is -2.46. The van der Waals surface area contributed by atoms with E-state index < -0.39 is 6.10 Å². The minimum Gasteiger partial charge on any atom is -0.392 e. The quantitative estimate of drug-likeness (QED) is 0.896. The van der Waals surface area contributed by atoms with Gasteiger partial charge in [-0.2, -0.15) is 4.80 Å². The Kier molecular flexibility index (Phi) is 3.06. The van der Waals surface area contributed by atoms with Gasteiger partial charge in [0.2, 0.25) is 0 Å². The maximum Gasteiger partial charge on any atom is 0.177 e. The average molecular weight is 258 g/mol. The fourth-order valence-electron chi connectivity index (χ4n) is 2.92. The van der Waals surface area contributed by atoms with Gasteiger partial charge in [0, 0.05) is 11.8 Å². The van der Waals surface area contributed by atoms with Gasteiger partial charge >= 0.3 is 0 Å². The van der Waals surface area contributed by atoms with Crippen molar-refractivity contribution in [2.45, 2.75) is 37.2 Å². The largest absolute Gasteiger partial charge is 0.392 e. The SMILES string of the molecule is Cn1nnc(CC(O)C2(c3ccccc3)CCC2)n1. The number of nitrogens with zero attached hydrogens (tertiary/aromatic N) is 4. The normalized spacial score (nSPS) is 18.8. The number of aliphatic hydroxyl groups excluding tert-OH is 1. The topological polar surface area (TPSA) is 63.8 Å². The Labute approximate surface area is 112 Å². The Hall–Kier alpha value is -1.75. The molecule has 1 unspecified atom stereocenters. The number of aryl methyl sites for hydroxylation is 1. The van der Waals surface area contributed by atoms with E-state index in [9.17, 15) is 5.11 Å². The van der Waals surface area contributed by atoms with Crippen molar-refractivity contribution in [1.82, 2.24) is 20.2 Å². The number of aromatic nitrogens is 4. The van der Waals surface area contributed by atoms with Gasteiger partial charge in [0.25, 0.3) is 0 Å². The maximum absolute atomic E-state index is 10.6. The van der Waals surface area contributed by atoms with E-state index in [0.717, 1.165) is 12.8 Å². The fraction of sp³-hybridized carbons (Fsp3) is 0.500. The van der Waals surface area contributed by atoms with Crippen LogP contribution in [0.4, 0.5) is 0 Å². The molecule has 0 amide bonds. The molecule has 1 aliphatic carbocycles. The van der Waals surface area contributed by atoms with Crippen LogP contribution in [0.3, 0.4) is 0 Å². The van der Waals surface area contributed by atoms with Crippen molar-refractivity contribution in [3.8, 4) is 0 Å². The van der Waals surface area contributed by atoms with Crippen LogP contribution in [0.15, 0.2) is 30.3 Å². The van der Waals surface area contributed by atoms with Gasteiger partial charge in [-0.15, -0.1) is 10.2 Å². The molecule has 1 fully saturated rings. The van der Waals surface area contributed by atoms with Gasteiger partial charge < -0.3 is 5.11 Å². The van der Waals surface area contributed by atoms with Crippen molar-refractivity contribution in [1.29, 1.82) is 0 Å². The highest BCUT2D eigenvalue weighted by molar-refractivity contribution is 5.30. The molecule has 5 heteroatoms. The summed E-state index contributed by atoms with van der Waals surface area (Å²) in [6.45, 7) is 0. The molecule has 1 N–H and O–H groups in total. The van der Waals surface area contributed by atoms with E-state index in [1.807, 2.05) is 18.2 Å². The van der Waals surface area contributed by atoms with Crippen molar-refractivity contribution in [2.24, 2.45) is 7.05 Å². The summed E-state index contributed by atoms with van der Waals surface area (Å²) in [5, 5.41) is 22.5. The van der Waals surface area contributed by atoms with Crippen molar-refractivity contribution in [3.05, 3.63) is 41.7 Å². The predicted octanol–water partition coefficient (Wildman–Crippen LogP) is 1.24. The van der Waals surface area contributed by atoms with Crippen LogP contribution in [-0.2, 0) is 18.9 Å². The molecule has 2 aromatic rings. The highest BCUT2D eigenvalue weighted by Gasteiger charge is 2.45. The molecule has 1 atom stereocenters. The maximum atomic E-state index is 10.6. The van der Waals surface area contributed by atoms with Gasteiger partial charge in [-0.25, -0.2) is 0 Å². The summed E-state index contributed by atoms with van der Waals surface area (Å²) in [4.78, 5) is 1.43. The Balaban J connectivity index is 1.82. The summed E-state index contributed by atoms with van der Waals surface area (Å²) in [5.74, 6) is 0.609. The first-order valence-corrected chi connectivity index (χ1v) is 6.67.